The molecule has 1 rings (SSSR count). The van der Waals surface area contributed by atoms with E-state index in [0.29, 0.717) is 30.5 Å². The normalized spacial score (nSPS) is 9.72. The molecule has 94 valence electrons. The molecule has 0 unspecified atom stereocenters. The van der Waals surface area contributed by atoms with Crippen molar-refractivity contribution in [1.29, 1.82) is 0 Å². The molecule has 1 aromatic rings. The lowest BCUT2D eigenvalue weighted by molar-refractivity contribution is 0.0974. The third-order valence-electron chi connectivity index (χ3n) is 2.12. The highest BCUT2D eigenvalue weighted by Crippen LogP contribution is 2.25. The molecule has 0 aliphatic heterocycles. The van der Waals surface area contributed by atoms with E-state index in [4.69, 9.17) is 4.74 Å². The first kappa shape index (κ1) is 14.0. The van der Waals surface area contributed by atoms with Gasteiger partial charge in [-0.1, -0.05) is 19.9 Å². The number of ether oxygens (including phenoxy) is 1. The number of nitrogens with zero attached hydrogens (tertiary/aromatic N) is 2. The van der Waals surface area contributed by atoms with Gasteiger partial charge in [0.05, 0.1) is 18.0 Å². The Hall–Kier alpha value is -2.06. The molecule has 0 radical (unpaired) electrons. The van der Waals surface area contributed by atoms with E-state index < -0.39 is 0 Å². The molecule has 0 bridgehead atoms. The number of hydrogen-bond donors (Lipinski definition) is 0. The molecular weight excluding hydrogens is 232 g/mol. The summed E-state index contributed by atoms with van der Waals surface area (Å²) in [7, 11) is 0. The predicted octanol–water partition coefficient (Wildman–Crippen LogP) is 2.79. The zero-order valence-electron chi connectivity index (χ0n) is 10.3. The van der Waals surface area contributed by atoms with Gasteiger partial charge in [-0.25, -0.2) is 9.59 Å². The fraction of sp³-hybridized carbons (Fsp3) is 0.385. The van der Waals surface area contributed by atoms with Crippen LogP contribution >= 0.6 is 0 Å². The number of benzene rings is 1. The maximum absolute atomic E-state index is 10.3. The van der Waals surface area contributed by atoms with Gasteiger partial charge in [0.15, 0.2) is 0 Å². The van der Waals surface area contributed by atoms with Crippen LogP contribution < -0.4 is 0 Å². The van der Waals surface area contributed by atoms with Crippen molar-refractivity contribution in [2.45, 2.75) is 20.5 Å². The summed E-state index contributed by atoms with van der Waals surface area (Å²) in [4.78, 5) is 27.5. The van der Waals surface area contributed by atoms with Gasteiger partial charge in [-0.15, -0.1) is 0 Å². The smallest absolute Gasteiger partial charge is 0.240 e. The fourth-order valence-electron chi connectivity index (χ4n) is 1.35. The summed E-state index contributed by atoms with van der Waals surface area (Å²) in [6.45, 7) is 5.07. The first-order chi connectivity index (χ1) is 8.67. The van der Waals surface area contributed by atoms with Crippen molar-refractivity contribution >= 4 is 23.5 Å². The SMILES string of the molecule is CC(C)COCc1ccc(N=C=O)cc1N=C=O. The molecular formula is C13H14N2O3. The summed E-state index contributed by atoms with van der Waals surface area (Å²) >= 11 is 0. The maximum Gasteiger partial charge on any atom is 0.240 e. The largest absolute Gasteiger partial charge is 0.376 e. The minimum Gasteiger partial charge on any atom is -0.376 e. The lowest BCUT2D eigenvalue weighted by atomic mass is 10.1. The number of isocyanates is 2. The van der Waals surface area contributed by atoms with Gasteiger partial charge < -0.3 is 4.74 Å². The molecule has 0 atom stereocenters. The standard InChI is InChI=1S/C13H14N2O3/c1-10(2)6-18-7-11-3-4-12(14-8-16)5-13(11)15-9-17/h3-5,10H,6-7H2,1-2H3. The molecule has 0 heterocycles. The van der Waals surface area contributed by atoms with Crippen LogP contribution in [-0.4, -0.2) is 18.8 Å². The number of aliphatic imine (C=N–C) groups is 2. The summed E-state index contributed by atoms with van der Waals surface area (Å²) in [6, 6.07) is 4.87. The van der Waals surface area contributed by atoms with Crippen LogP contribution in [0, 0.1) is 5.92 Å². The molecule has 0 aliphatic rings. The zero-order chi connectivity index (χ0) is 13.4. The van der Waals surface area contributed by atoms with Crippen molar-refractivity contribution in [2.75, 3.05) is 6.61 Å². The predicted molar refractivity (Wildman–Crippen MR) is 66.5 cm³/mol. The second kappa shape index (κ2) is 7.30. The van der Waals surface area contributed by atoms with Gasteiger partial charge in [-0.3, -0.25) is 0 Å². The number of carbonyl (C=O) groups excluding carboxylic acids is 2. The number of rotatable bonds is 6. The summed E-state index contributed by atoms with van der Waals surface area (Å²) in [5.74, 6) is 0.432. The van der Waals surface area contributed by atoms with Gasteiger partial charge in [0.25, 0.3) is 0 Å². The monoisotopic (exact) mass is 246 g/mol. The second-order valence-corrected chi connectivity index (χ2v) is 4.13. The van der Waals surface area contributed by atoms with Crippen LogP contribution in [0.2, 0.25) is 0 Å². The molecule has 18 heavy (non-hydrogen) atoms. The van der Waals surface area contributed by atoms with Crippen molar-refractivity contribution in [1.82, 2.24) is 0 Å². The molecule has 0 saturated heterocycles. The summed E-state index contributed by atoms with van der Waals surface area (Å²) in [5, 5.41) is 0. The summed E-state index contributed by atoms with van der Waals surface area (Å²) < 4.78 is 5.47. The van der Waals surface area contributed by atoms with Gasteiger partial charge in [-0.2, -0.15) is 9.98 Å². The average molecular weight is 246 g/mol. The van der Waals surface area contributed by atoms with Gasteiger partial charge in [0.2, 0.25) is 12.2 Å². The Morgan fingerprint density at radius 2 is 1.94 bits per heavy atom. The lowest BCUT2D eigenvalue weighted by Gasteiger charge is -2.08. The molecule has 0 saturated carbocycles. The summed E-state index contributed by atoms with van der Waals surface area (Å²) in [6.07, 6.45) is 2.91. The Morgan fingerprint density at radius 3 is 2.56 bits per heavy atom. The molecule has 0 aliphatic carbocycles. The van der Waals surface area contributed by atoms with Crippen molar-refractivity contribution in [3.8, 4) is 0 Å². The van der Waals surface area contributed by atoms with E-state index >= 15 is 0 Å². The fourth-order valence-corrected chi connectivity index (χ4v) is 1.35. The van der Waals surface area contributed by atoms with Crippen LogP contribution in [-0.2, 0) is 20.9 Å². The van der Waals surface area contributed by atoms with Crippen molar-refractivity contribution in [2.24, 2.45) is 15.9 Å². The number of hydrogen-bond acceptors (Lipinski definition) is 5. The third-order valence-corrected chi connectivity index (χ3v) is 2.12. The maximum atomic E-state index is 10.3. The van der Waals surface area contributed by atoms with Gasteiger partial charge in [0.1, 0.15) is 0 Å². The van der Waals surface area contributed by atoms with E-state index in [1.54, 1.807) is 12.1 Å². The molecule has 0 N–H and O–H groups in total. The van der Waals surface area contributed by atoms with Crippen molar-refractivity contribution in [3.05, 3.63) is 23.8 Å². The van der Waals surface area contributed by atoms with Crippen LogP contribution in [0.1, 0.15) is 19.4 Å². The lowest BCUT2D eigenvalue weighted by Crippen LogP contribution is -2.01. The third kappa shape index (κ3) is 4.44. The van der Waals surface area contributed by atoms with Gasteiger partial charge >= 0.3 is 0 Å². The van der Waals surface area contributed by atoms with Crippen molar-refractivity contribution in [3.63, 3.8) is 0 Å². The van der Waals surface area contributed by atoms with E-state index in [1.807, 2.05) is 13.8 Å². The Bertz CT molecular complexity index is 499. The Morgan fingerprint density at radius 1 is 1.22 bits per heavy atom. The van der Waals surface area contributed by atoms with E-state index in [1.165, 1.54) is 18.2 Å². The van der Waals surface area contributed by atoms with E-state index in [9.17, 15) is 9.59 Å². The highest BCUT2D eigenvalue weighted by Gasteiger charge is 2.04. The molecule has 0 amide bonds. The van der Waals surface area contributed by atoms with Gasteiger partial charge in [0, 0.05) is 12.2 Å². The minimum atomic E-state index is 0.351. The van der Waals surface area contributed by atoms with Crippen LogP contribution in [0.4, 0.5) is 11.4 Å². The van der Waals surface area contributed by atoms with Gasteiger partial charge in [-0.05, 0) is 18.1 Å². The Labute approximate surface area is 105 Å². The van der Waals surface area contributed by atoms with Crippen molar-refractivity contribution < 1.29 is 14.3 Å². The molecule has 0 spiro atoms. The average Bonchev–Trinajstić information content (AvgIpc) is 2.32. The Kier molecular flexibility index (Phi) is 5.68. The molecule has 0 aromatic heterocycles. The molecule has 0 fully saturated rings. The second-order valence-electron chi connectivity index (χ2n) is 4.13. The van der Waals surface area contributed by atoms with Crippen LogP contribution in [0.15, 0.2) is 28.2 Å². The molecule has 5 nitrogen and oxygen atoms in total. The Balaban J connectivity index is 2.89. The topological polar surface area (TPSA) is 68.1 Å². The summed E-state index contributed by atoms with van der Waals surface area (Å²) in [5.41, 5.74) is 1.56. The highest BCUT2D eigenvalue weighted by atomic mass is 16.5. The molecule has 5 heteroatoms. The zero-order valence-corrected chi connectivity index (χ0v) is 10.3. The minimum absolute atomic E-state index is 0.351. The first-order valence-electron chi connectivity index (χ1n) is 5.53. The van der Waals surface area contributed by atoms with E-state index in [2.05, 4.69) is 9.98 Å². The molecule has 1 aromatic carbocycles. The van der Waals surface area contributed by atoms with Crippen LogP contribution in [0.5, 0.6) is 0 Å². The van der Waals surface area contributed by atoms with Crippen LogP contribution in [0.25, 0.3) is 0 Å². The van der Waals surface area contributed by atoms with E-state index in [-0.39, 0.29) is 0 Å². The van der Waals surface area contributed by atoms with Crippen LogP contribution in [0.3, 0.4) is 0 Å². The highest BCUT2D eigenvalue weighted by molar-refractivity contribution is 5.61. The first-order valence-corrected chi connectivity index (χ1v) is 5.53. The van der Waals surface area contributed by atoms with E-state index in [0.717, 1.165) is 5.56 Å². The quantitative estimate of drug-likeness (QED) is 0.572.